The molecule has 25 heavy (non-hydrogen) atoms. The van der Waals surface area contributed by atoms with Crippen molar-refractivity contribution in [2.75, 3.05) is 7.11 Å². The first-order chi connectivity index (χ1) is 12.2. The molecule has 0 saturated heterocycles. The van der Waals surface area contributed by atoms with Crippen molar-refractivity contribution in [2.24, 2.45) is 5.73 Å². The first-order valence-electron chi connectivity index (χ1n) is 7.94. The minimum absolute atomic E-state index is 0.413. The number of rotatable bonds is 7. The van der Waals surface area contributed by atoms with E-state index in [0.717, 1.165) is 22.7 Å². The minimum Gasteiger partial charge on any atom is -0.497 e. The second-order valence-corrected chi connectivity index (χ2v) is 5.61. The largest absolute Gasteiger partial charge is 0.497 e. The molecular weight excluding hydrogens is 316 g/mol. The van der Waals surface area contributed by atoms with Crippen LogP contribution < -0.4 is 15.8 Å². The molecule has 2 aromatic carbocycles. The standard InChI is InChI=1S/C19H20N4O2/c1-25-18-8-6-17(7-9-18)23-11-10-16(22-23)13-21-12-14-2-4-15(5-3-14)19(20)24/h2-11,21H,12-13H2,1H3,(H2,20,24). The van der Waals surface area contributed by atoms with Crippen molar-refractivity contribution >= 4 is 5.91 Å². The van der Waals surface area contributed by atoms with E-state index in [0.29, 0.717) is 18.7 Å². The lowest BCUT2D eigenvalue weighted by Gasteiger charge is -2.05. The van der Waals surface area contributed by atoms with Crippen molar-refractivity contribution in [1.82, 2.24) is 15.1 Å². The van der Waals surface area contributed by atoms with Gasteiger partial charge in [-0.1, -0.05) is 12.1 Å². The number of nitrogens with one attached hydrogen (secondary N) is 1. The highest BCUT2D eigenvalue weighted by Crippen LogP contribution is 2.14. The van der Waals surface area contributed by atoms with Crippen LogP contribution in [0.4, 0.5) is 0 Å². The highest BCUT2D eigenvalue weighted by atomic mass is 16.5. The molecule has 0 aliphatic rings. The molecule has 6 heteroatoms. The Hall–Kier alpha value is -3.12. The van der Waals surface area contributed by atoms with Gasteiger partial charge in [-0.05, 0) is 48.0 Å². The van der Waals surface area contributed by atoms with E-state index in [1.54, 1.807) is 19.2 Å². The van der Waals surface area contributed by atoms with Gasteiger partial charge in [0.2, 0.25) is 5.91 Å². The summed E-state index contributed by atoms with van der Waals surface area (Å²) < 4.78 is 6.99. The number of methoxy groups -OCH3 is 1. The Morgan fingerprint density at radius 3 is 2.44 bits per heavy atom. The fourth-order valence-corrected chi connectivity index (χ4v) is 2.46. The molecule has 0 saturated carbocycles. The number of nitrogens with zero attached hydrogens (tertiary/aromatic N) is 2. The summed E-state index contributed by atoms with van der Waals surface area (Å²) in [7, 11) is 1.65. The fraction of sp³-hybridized carbons (Fsp3) is 0.158. The van der Waals surface area contributed by atoms with Crippen molar-refractivity contribution in [3.63, 3.8) is 0 Å². The molecule has 1 amide bonds. The third-order valence-electron chi connectivity index (χ3n) is 3.85. The van der Waals surface area contributed by atoms with Gasteiger partial charge >= 0.3 is 0 Å². The normalized spacial score (nSPS) is 10.6. The van der Waals surface area contributed by atoms with Gasteiger partial charge in [-0.2, -0.15) is 5.10 Å². The number of amides is 1. The Labute approximate surface area is 146 Å². The van der Waals surface area contributed by atoms with E-state index in [1.807, 2.05) is 53.3 Å². The van der Waals surface area contributed by atoms with E-state index in [-0.39, 0.29) is 0 Å². The molecule has 1 heterocycles. The summed E-state index contributed by atoms with van der Waals surface area (Å²) in [5, 5.41) is 7.89. The lowest BCUT2D eigenvalue weighted by atomic mass is 10.1. The van der Waals surface area contributed by atoms with Crippen LogP contribution in [-0.4, -0.2) is 22.8 Å². The molecule has 0 bridgehead atoms. The number of aromatic nitrogens is 2. The molecule has 0 atom stereocenters. The number of carbonyl (C=O) groups excluding carboxylic acids is 1. The van der Waals surface area contributed by atoms with Crippen LogP contribution in [0.1, 0.15) is 21.6 Å². The van der Waals surface area contributed by atoms with E-state index in [4.69, 9.17) is 10.5 Å². The molecule has 0 spiro atoms. The summed E-state index contributed by atoms with van der Waals surface area (Å²) in [6.45, 7) is 1.34. The van der Waals surface area contributed by atoms with Gasteiger partial charge in [0.1, 0.15) is 5.75 Å². The summed E-state index contributed by atoms with van der Waals surface area (Å²) in [5.74, 6) is 0.406. The maximum Gasteiger partial charge on any atom is 0.248 e. The van der Waals surface area contributed by atoms with E-state index < -0.39 is 5.91 Å². The van der Waals surface area contributed by atoms with Crippen molar-refractivity contribution in [3.05, 3.63) is 77.6 Å². The zero-order valence-electron chi connectivity index (χ0n) is 14.0. The van der Waals surface area contributed by atoms with Crippen LogP contribution >= 0.6 is 0 Å². The number of benzene rings is 2. The van der Waals surface area contributed by atoms with Crippen LogP contribution in [0, 0.1) is 0 Å². The first-order valence-corrected chi connectivity index (χ1v) is 7.94. The second-order valence-electron chi connectivity index (χ2n) is 5.61. The average Bonchev–Trinajstić information content (AvgIpc) is 3.11. The zero-order valence-corrected chi connectivity index (χ0v) is 14.0. The Morgan fingerprint density at radius 2 is 1.80 bits per heavy atom. The van der Waals surface area contributed by atoms with Crippen molar-refractivity contribution < 1.29 is 9.53 Å². The Kier molecular flexibility index (Phi) is 5.11. The summed E-state index contributed by atoms with van der Waals surface area (Å²) >= 11 is 0. The molecule has 3 rings (SSSR count). The van der Waals surface area contributed by atoms with Gasteiger partial charge in [0, 0.05) is 24.8 Å². The zero-order chi connectivity index (χ0) is 17.6. The van der Waals surface area contributed by atoms with Gasteiger partial charge in [-0.15, -0.1) is 0 Å². The van der Waals surface area contributed by atoms with Crippen LogP contribution in [-0.2, 0) is 13.1 Å². The van der Waals surface area contributed by atoms with Crippen LogP contribution in [0.5, 0.6) is 5.75 Å². The lowest BCUT2D eigenvalue weighted by molar-refractivity contribution is 0.100. The van der Waals surface area contributed by atoms with Crippen LogP contribution in [0.25, 0.3) is 5.69 Å². The number of primary amides is 1. The summed E-state index contributed by atoms with van der Waals surface area (Å²) in [4.78, 5) is 11.1. The molecule has 0 aliphatic carbocycles. The number of hydrogen-bond donors (Lipinski definition) is 2. The summed E-state index contributed by atoms with van der Waals surface area (Å²) in [6.07, 6.45) is 1.93. The number of ether oxygens (including phenoxy) is 1. The highest BCUT2D eigenvalue weighted by Gasteiger charge is 2.03. The summed E-state index contributed by atoms with van der Waals surface area (Å²) in [6, 6.07) is 17.0. The fourth-order valence-electron chi connectivity index (χ4n) is 2.46. The molecule has 0 fully saturated rings. The van der Waals surface area contributed by atoms with Crippen molar-refractivity contribution in [1.29, 1.82) is 0 Å². The van der Waals surface area contributed by atoms with E-state index in [9.17, 15) is 4.79 Å². The van der Waals surface area contributed by atoms with E-state index >= 15 is 0 Å². The van der Waals surface area contributed by atoms with Gasteiger partial charge in [-0.25, -0.2) is 4.68 Å². The van der Waals surface area contributed by atoms with Crippen LogP contribution in [0.15, 0.2) is 60.8 Å². The van der Waals surface area contributed by atoms with Gasteiger partial charge in [0.25, 0.3) is 0 Å². The maximum absolute atomic E-state index is 11.1. The topological polar surface area (TPSA) is 82.2 Å². The number of nitrogens with two attached hydrogens (primary N) is 1. The predicted molar refractivity (Wildman–Crippen MR) is 95.6 cm³/mol. The molecule has 6 nitrogen and oxygen atoms in total. The number of carbonyl (C=O) groups is 1. The van der Waals surface area contributed by atoms with Crippen LogP contribution in [0.3, 0.4) is 0 Å². The molecule has 0 unspecified atom stereocenters. The molecule has 3 N–H and O–H groups in total. The van der Waals surface area contributed by atoms with Gasteiger partial charge in [-0.3, -0.25) is 4.79 Å². The minimum atomic E-state index is -0.413. The smallest absolute Gasteiger partial charge is 0.248 e. The quantitative estimate of drug-likeness (QED) is 0.693. The third kappa shape index (κ3) is 4.24. The maximum atomic E-state index is 11.1. The molecule has 0 radical (unpaired) electrons. The first kappa shape index (κ1) is 16.7. The average molecular weight is 336 g/mol. The molecule has 0 aliphatic heterocycles. The Bertz CT molecular complexity index is 839. The third-order valence-corrected chi connectivity index (χ3v) is 3.85. The Balaban J connectivity index is 1.55. The second kappa shape index (κ2) is 7.63. The SMILES string of the molecule is COc1ccc(-n2ccc(CNCc3ccc(C(N)=O)cc3)n2)cc1. The molecule has 1 aromatic heterocycles. The Morgan fingerprint density at radius 1 is 1.08 bits per heavy atom. The molecular formula is C19H20N4O2. The van der Waals surface area contributed by atoms with E-state index in [1.165, 1.54) is 0 Å². The monoisotopic (exact) mass is 336 g/mol. The van der Waals surface area contributed by atoms with Crippen molar-refractivity contribution in [2.45, 2.75) is 13.1 Å². The van der Waals surface area contributed by atoms with Gasteiger partial charge in [0.15, 0.2) is 0 Å². The number of hydrogen-bond acceptors (Lipinski definition) is 4. The summed E-state index contributed by atoms with van der Waals surface area (Å²) in [5.41, 5.74) is 8.76. The predicted octanol–water partition coefficient (Wildman–Crippen LogP) is 2.27. The van der Waals surface area contributed by atoms with Gasteiger partial charge < -0.3 is 15.8 Å². The molecule has 3 aromatic rings. The van der Waals surface area contributed by atoms with E-state index in [2.05, 4.69) is 10.4 Å². The van der Waals surface area contributed by atoms with Crippen molar-refractivity contribution in [3.8, 4) is 11.4 Å². The highest BCUT2D eigenvalue weighted by molar-refractivity contribution is 5.92. The lowest BCUT2D eigenvalue weighted by Crippen LogP contribution is -2.14. The molecule has 128 valence electrons. The van der Waals surface area contributed by atoms with Crippen LogP contribution in [0.2, 0.25) is 0 Å². The van der Waals surface area contributed by atoms with Gasteiger partial charge in [0.05, 0.1) is 18.5 Å².